The SMILES string of the molecule is Cn1cc(Cl)c(Cn2ncc3[nH]cnc3c2=O)n1. The highest BCUT2D eigenvalue weighted by molar-refractivity contribution is 6.31. The number of imidazole rings is 1. The Morgan fingerprint density at radius 1 is 1.50 bits per heavy atom. The first-order chi connectivity index (χ1) is 8.65. The van der Waals surface area contributed by atoms with Gasteiger partial charge in [-0.3, -0.25) is 9.48 Å². The van der Waals surface area contributed by atoms with Gasteiger partial charge in [-0.15, -0.1) is 0 Å². The van der Waals surface area contributed by atoms with Crippen LogP contribution in [0.3, 0.4) is 0 Å². The lowest BCUT2D eigenvalue weighted by Crippen LogP contribution is -2.23. The normalized spacial score (nSPS) is 11.2. The van der Waals surface area contributed by atoms with Gasteiger partial charge in [-0.05, 0) is 0 Å². The molecule has 18 heavy (non-hydrogen) atoms. The third-order valence-corrected chi connectivity index (χ3v) is 2.90. The highest BCUT2D eigenvalue weighted by Gasteiger charge is 2.10. The smallest absolute Gasteiger partial charge is 0.295 e. The third kappa shape index (κ3) is 1.68. The van der Waals surface area contributed by atoms with Gasteiger partial charge in [0.25, 0.3) is 5.56 Å². The topological polar surface area (TPSA) is 81.4 Å². The number of nitrogens with one attached hydrogen (secondary N) is 1. The van der Waals surface area contributed by atoms with E-state index in [9.17, 15) is 4.79 Å². The molecule has 0 saturated heterocycles. The molecule has 0 radical (unpaired) electrons. The van der Waals surface area contributed by atoms with Crippen molar-refractivity contribution in [3.05, 3.63) is 39.8 Å². The molecule has 92 valence electrons. The number of aromatic nitrogens is 6. The van der Waals surface area contributed by atoms with Crippen LogP contribution >= 0.6 is 11.6 Å². The maximum atomic E-state index is 12.1. The zero-order valence-corrected chi connectivity index (χ0v) is 10.2. The summed E-state index contributed by atoms with van der Waals surface area (Å²) in [5.74, 6) is 0. The summed E-state index contributed by atoms with van der Waals surface area (Å²) in [4.78, 5) is 18.8. The number of aromatic amines is 1. The Balaban J connectivity index is 2.07. The van der Waals surface area contributed by atoms with Crippen molar-refractivity contribution < 1.29 is 0 Å². The lowest BCUT2D eigenvalue weighted by Gasteiger charge is -2.01. The molecule has 0 aromatic carbocycles. The molecule has 0 spiro atoms. The second-order valence-corrected chi connectivity index (χ2v) is 4.28. The van der Waals surface area contributed by atoms with Crippen molar-refractivity contribution >= 4 is 22.6 Å². The molecule has 0 fully saturated rings. The molecule has 0 amide bonds. The molecule has 8 heteroatoms. The number of rotatable bonds is 2. The van der Waals surface area contributed by atoms with Crippen LogP contribution in [0, 0.1) is 0 Å². The number of halogens is 1. The molecular weight excluding hydrogens is 256 g/mol. The van der Waals surface area contributed by atoms with E-state index < -0.39 is 0 Å². The Morgan fingerprint density at radius 2 is 2.33 bits per heavy atom. The number of aryl methyl sites for hydroxylation is 1. The molecule has 0 saturated carbocycles. The van der Waals surface area contributed by atoms with Crippen molar-refractivity contribution in [1.82, 2.24) is 29.5 Å². The minimum Gasteiger partial charge on any atom is -0.343 e. The van der Waals surface area contributed by atoms with Crippen molar-refractivity contribution in [3.63, 3.8) is 0 Å². The van der Waals surface area contributed by atoms with Crippen LogP contribution in [0.1, 0.15) is 5.69 Å². The Morgan fingerprint density at radius 3 is 3.06 bits per heavy atom. The second kappa shape index (κ2) is 3.95. The molecule has 0 aliphatic heterocycles. The Labute approximate surface area is 106 Å². The number of H-pyrrole nitrogens is 1. The Hall–Kier alpha value is -2.15. The standard InChI is InChI=1S/C10H9ClN6O/c1-16-3-6(11)8(15-16)4-17-10(18)9-7(2-14-17)12-5-13-9/h2-3,5H,4H2,1H3,(H,12,13). The van der Waals surface area contributed by atoms with Gasteiger partial charge >= 0.3 is 0 Å². The summed E-state index contributed by atoms with van der Waals surface area (Å²) in [6, 6.07) is 0. The van der Waals surface area contributed by atoms with Crippen molar-refractivity contribution in [3.8, 4) is 0 Å². The third-order valence-electron chi connectivity index (χ3n) is 2.59. The fourth-order valence-electron chi connectivity index (χ4n) is 1.74. The maximum absolute atomic E-state index is 12.1. The molecule has 3 rings (SSSR count). The summed E-state index contributed by atoms with van der Waals surface area (Å²) in [5, 5.41) is 8.73. The van der Waals surface area contributed by atoms with E-state index in [2.05, 4.69) is 20.2 Å². The average molecular weight is 265 g/mol. The van der Waals surface area contributed by atoms with Crippen molar-refractivity contribution in [2.75, 3.05) is 0 Å². The molecule has 0 aliphatic carbocycles. The monoisotopic (exact) mass is 264 g/mol. The van der Waals surface area contributed by atoms with Crippen LogP contribution in [-0.2, 0) is 13.6 Å². The number of nitrogens with zero attached hydrogens (tertiary/aromatic N) is 5. The van der Waals surface area contributed by atoms with Crippen molar-refractivity contribution in [1.29, 1.82) is 0 Å². The maximum Gasteiger partial charge on any atom is 0.295 e. The predicted octanol–water partition coefficient (Wildman–Crippen LogP) is 0.555. The van der Waals surface area contributed by atoms with Gasteiger partial charge < -0.3 is 4.98 Å². The Kier molecular flexibility index (Phi) is 2.41. The summed E-state index contributed by atoms with van der Waals surface area (Å²) in [6.07, 6.45) is 4.70. The van der Waals surface area contributed by atoms with Crippen molar-refractivity contribution in [2.24, 2.45) is 7.05 Å². The second-order valence-electron chi connectivity index (χ2n) is 3.87. The van der Waals surface area contributed by atoms with E-state index in [0.717, 1.165) is 0 Å². The van der Waals surface area contributed by atoms with E-state index >= 15 is 0 Å². The van der Waals surface area contributed by atoms with Crippen LogP contribution in [-0.4, -0.2) is 29.5 Å². The van der Waals surface area contributed by atoms with Crippen LogP contribution in [0.2, 0.25) is 5.02 Å². The molecule has 3 heterocycles. The molecule has 3 aromatic heterocycles. The zero-order chi connectivity index (χ0) is 12.7. The highest BCUT2D eigenvalue weighted by atomic mass is 35.5. The van der Waals surface area contributed by atoms with Crippen molar-refractivity contribution in [2.45, 2.75) is 6.54 Å². The van der Waals surface area contributed by atoms with E-state index in [-0.39, 0.29) is 12.1 Å². The lowest BCUT2D eigenvalue weighted by atomic mass is 10.4. The molecule has 0 atom stereocenters. The molecule has 3 aromatic rings. The molecular formula is C10H9ClN6O. The summed E-state index contributed by atoms with van der Waals surface area (Å²) in [7, 11) is 1.77. The molecule has 1 N–H and O–H groups in total. The predicted molar refractivity (Wildman–Crippen MR) is 65.5 cm³/mol. The fraction of sp³-hybridized carbons (Fsp3) is 0.200. The van der Waals surface area contributed by atoms with Gasteiger partial charge in [-0.25, -0.2) is 9.67 Å². The van der Waals surface area contributed by atoms with Crippen LogP contribution in [0.25, 0.3) is 11.0 Å². The Bertz CT molecular complexity index is 770. The number of fused-ring (bicyclic) bond motifs is 1. The first-order valence-electron chi connectivity index (χ1n) is 5.22. The quantitative estimate of drug-likeness (QED) is 0.733. The van der Waals surface area contributed by atoms with E-state index in [1.54, 1.807) is 24.1 Å². The van der Waals surface area contributed by atoms with E-state index in [1.165, 1.54) is 11.0 Å². The van der Waals surface area contributed by atoms with Gasteiger partial charge in [0.15, 0.2) is 5.52 Å². The van der Waals surface area contributed by atoms with Gasteiger partial charge in [0.1, 0.15) is 5.69 Å². The molecule has 0 aliphatic rings. The number of hydrogen-bond acceptors (Lipinski definition) is 4. The van der Waals surface area contributed by atoms with Gasteiger partial charge in [0, 0.05) is 13.2 Å². The summed E-state index contributed by atoms with van der Waals surface area (Å²) < 4.78 is 2.88. The first-order valence-corrected chi connectivity index (χ1v) is 5.60. The number of hydrogen-bond donors (Lipinski definition) is 1. The minimum absolute atomic E-state index is 0.224. The van der Waals surface area contributed by atoms with E-state index in [4.69, 9.17) is 11.6 Å². The zero-order valence-electron chi connectivity index (χ0n) is 9.46. The molecule has 0 unspecified atom stereocenters. The van der Waals surface area contributed by atoms with Gasteiger partial charge in [-0.2, -0.15) is 10.2 Å². The largest absolute Gasteiger partial charge is 0.343 e. The van der Waals surface area contributed by atoms with Gasteiger partial charge in [0.05, 0.1) is 29.6 Å². The van der Waals surface area contributed by atoms with Crippen LogP contribution < -0.4 is 5.56 Å². The first kappa shape index (κ1) is 11.0. The fourth-order valence-corrected chi connectivity index (χ4v) is 1.98. The summed E-state index contributed by atoms with van der Waals surface area (Å²) in [5.41, 5.74) is 1.31. The lowest BCUT2D eigenvalue weighted by molar-refractivity contribution is 0.620. The average Bonchev–Trinajstić information content (AvgIpc) is 2.90. The summed E-state index contributed by atoms with van der Waals surface area (Å²) >= 11 is 6.00. The van der Waals surface area contributed by atoms with Crippen LogP contribution in [0.5, 0.6) is 0 Å². The van der Waals surface area contributed by atoms with Crippen LogP contribution in [0.4, 0.5) is 0 Å². The molecule has 0 bridgehead atoms. The summed E-state index contributed by atoms with van der Waals surface area (Å²) in [6.45, 7) is 0.224. The van der Waals surface area contributed by atoms with E-state index in [1.807, 2.05) is 0 Å². The van der Waals surface area contributed by atoms with Gasteiger partial charge in [-0.1, -0.05) is 11.6 Å². The highest BCUT2D eigenvalue weighted by Crippen LogP contribution is 2.13. The van der Waals surface area contributed by atoms with Crippen LogP contribution in [0.15, 0.2) is 23.5 Å². The van der Waals surface area contributed by atoms with Gasteiger partial charge in [0.2, 0.25) is 0 Å². The van der Waals surface area contributed by atoms with E-state index in [0.29, 0.717) is 21.7 Å². The molecule has 7 nitrogen and oxygen atoms in total. The minimum atomic E-state index is -0.268.